The fraction of sp³-hybridized carbons (Fsp3) is 1.00. The Morgan fingerprint density at radius 2 is 1.67 bits per heavy atom. The van der Waals surface area contributed by atoms with E-state index in [1.807, 2.05) is 0 Å². The highest BCUT2D eigenvalue weighted by atomic mass is 15.2. The molecule has 106 valence electrons. The third kappa shape index (κ3) is 3.46. The lowest BCUT2D eigenvalue weighted by Crippen LogP contribution is -2.49. The molecule has 1 aliphatic heterocycles. The van der Waals surface area contributed by atoms with Crippen molar-refractivity contribution in [3.8, 4) is 0 Å². The Morgan fingerprint density at radius 1 is 1.00 bits per heavy atom. The first-order chi connectivity index (χ1) is 8.72. The second kappa shape index (κ2) is 6.88. The molecule has 2 N–H and O–H groups in total. The van der Waals surface area contributed by atoms with Gasteiger partial charge in [0.15, 0.2) is 0 Å². The molecule has 1 saturated heterocycles. The molecule has 0 aromatic carbocycles. The van der Waals surface area contributed by atoms with Gasteiger partial charge in [-0.1, -0.05) is 19.3 Å². The second-order valence-corrected chi connectivity index (χ2v) is 6.43. The average Bonchev–Trinajstić information content (AvgIpc) is 2.63. The summed E-state index contributed by atoms with van der Waals surface area (Å²) in [6.45, 7) is 3.45. The quantitative estimate of drug-likeness (QED) is 0.780. The fourth-order valence-corrected chi connectivity index (χ4v) is 3.85. The molecule has 2 atom stereocenters. The maximum Gasteiger partial charge on any atom is 0.0136 e. The minimum Gasteiger partial charge on any atom is -0.330 e. The predicted molar refractivity (Wildman–Crippen MR) is 77.7 cm³/mol. The minimum atomic E-state index is 0.753. The summed E-state index contributed by atoms with van der Waals surface area (Å²) in [5.41, 5.74) is 6.01. The molecule has 0 radical (unpaired) electrons. The van der Waals surface area contributed by atoms with E-state index >= 15 is 0 Å². The van der Waals surface area contributed by atoms with Crippen molar-refractivity contribution in [1.29, 1.82) is 0 Å². The van der Waals surface area contributed by atoms with Crippen molar-refractivity contribution in [3.05, 3.63) is 0 Å². The van der Waals surface area contributed by atoms with Gasteiger partial charge < -0.3 is 10.6 Å². The summed E-state index contributed by atoms with van der Waals surface area (Å²) < 4.78 is 0. The van der Waals surface area contributed by atoms with Gasteiger partial charge in [-0.2, -0.15) is 0 Å². The number of hydrogen-bond donors (Lipinski definition) is 1. The SMILES string of the molecule is CN(C)C1CCN(C2CCCCCC2CN)CC1. The van der Waals surface area contributed by atoms with Crippen LogP contribution in [0, 0.1) is 5.92 Å². The predicted octanol–water partition coefficient (Wildman–Crippen LogP) is 1.92. The lowest BCUT2D eigenvalue weighted by Gasteiger charge is -2.42. The summed E-state index contributed by atoms with van der Waals surface area (Å²) in [4.78, 5) is 5.15. The van der Waals surface area contributed by atoms with Crippen molar-refractivity contribution >= 4 is 0 Å². The molecule has 0 aromatic heterocycles. The number of nitrogens with zero attached hydrogens (tertiary/aromatic N) is 2. The van der Waals surface area contributed by atoms with Gasteiger partial charge in [0.05, 0.1) is 0 Å². The molecule has 2 aliphatic rings. The van der Waals surface area contributed by atoms with Crippen LogP contribution in [0.15, 0.2) is 0 Å². The molecular formula is C15H31N3. The number of piperidine rings is 1. The highest BCUT2D eigenvalue weighted by Gasteiger charge is 2.31. The standard InChI is InChI=1S/C15H31N3/c1-17(2)14-8-10-18(11-9-14)15-7-5-3-4-6-13(15)12-16/h13-15H,3-12,16H2,1-2H3. The zero-order valence-electron chi connectivity index (χ0n) is 12.3. The molecule has 1 aliphatic carbocycles. The van der Waals surface area contributed by atoms with E-state index in [0.29, 0.717) is 0 Å². The zero-order chi connectivity index (χ0) is 13.0. The minimum absolute atomic E-state index is 0.753. The van der Waals surface area contributed by atoms with Crippen molar-refractivity contribution in [1.82, 2.24) is 9.80 Å². The molecule has 0 amide bonds. The van der Waals surface area contributed by atoms with Crippen LogP contribution in [0.3, 0.4) is 0 Å². The van der Waals surface area contributed by atoms with Gasteiger partial charge in [0, 0.05) is 12.1 Å². The van der Waals surface area contributed by atoms with Gasteiger partial charge in [-0.05, 0) is 65.3 Å². The smallest absolute Gasteiger partial charge is 0.0136 e. The normalized spacial score (nSPS) is 32.7. The van der Waals surface area contributed by atoms with Crippen LogP contribution in [0.1, 0.15) is 44.9 Å². The lowest BCUT2D eigenvalue weighted by atomic mass is 9.91. The third-order valence-electron chi connectivity index (χ3n) is 5.12. The molecule has 2 unspecified atom stereocenters. The first kappa shape index (κ1) is 14.3. The number of hydrogen-bond acceptors (Lipinski definition) is 3. The average molecular weight is 253 g/mol. The van der Waals surface area contributed by atoms with E-state index in [2.05, 4.69) is 23.9 Å². The summed E-state index contributed by atoms with van der Waals surface area (Å²) in [6.07, 6.45) is 9.63. The van der Waals surface area contributed by atoms with Crippen LogP contribution in [0.25, 0.3) is 0 Å². The van der Waals surface area contributed by atoms with Crippen LogP contribution in [0.2, 0.25) is 0 Å². The van der Waals surface area contributed by atoms with E-state index < -0.39 is 0 Å². The first-order valence-electron chi connectivity index (χ1n) is 7.83. The summed E-state index contributed by atoms with van der Waals surface area (Å²) >= 11 is 0. The molecule has 18 heavy (non-hydrogen) atoms. The fourth-order valence-electron chi connectivity index (χ4n) is 3.85. The summed E-state index contributed by atoms with van der Waals surface area (Å²) in [5, 5.41) is 0. The molecule has 3 nitrogen and oxygen atoms in total. The van der Waals surface area contributed by atoms with E-state index in [1.54, 1.807) is 0 Å². The van der Waals surface area contributed by atoms with E-state index in [1.165, 1.54) is 58.0 Å². The topological polar surface area (TPSA) is 32.5 Å². The summed E-state index contributed by atoms with van der Waals surface area (Å²) in [6, 6.07) is 1.57. The summed E-state index contributed by atoms with van der Waals surface area (Å²) in [5.74, 6) is 0.753. The van der Waals surface area contributed by atoms with Crippen LogP contribution in [-0.2, 0) is 0 Å². The van der Waals surface area contributed by atoms with Gasteiger partial charge in [-0.15, -0.1) is 0 Å². The maximum atomic E-state index is 6.01. The Hall–Kier alpha value is -0.120. The highest BCUT2D eigenvalue weighted by molar-refractivity contribution is 4.87. The second-order valence-electron chi connectivity index (χ2n) is 6.43. The van der Waals surface area contributed by atoms with Crippen LogP contribution >= 0.6 is 0 Å². The van der Waals surface area contributed by atoms with Crippen LogP contribution < -0.4 is 5.73 Å². The molecule has 2 rings (SSSR count). The molecule has 1 heterocycles. The summed E-state index contributed by atoms with van der Waals surface area (Å²) in [7, 11) is 4.43. The zero-order valence-corrected chi connectivity index (χ0v) is 12.3. The van der Waals surface area contributed by atoms with Gasteiger partial charge >= 0.3 is 0 Å². The van der Waals surface area contributed by atoms with Gasteiger partial charge in [-0.25, -0.2) is 0 Å². The van der Waals surface area contributed by atoms with Crippen LogP contribution in [0.4, 0.5) is 0 Å². The van der Waals surface area contributed by atoms with Crippen LogP contribution in [0.5, 0.6) is 0 Å². The molecule has 2 fully saturated rings. The molecular weight excluding hydrogens is 222 g/mol. The molecule has 3 heteroatoms. The maximum absolute atomic E-state index is 6.01. The van der Waals surface area contributed by atoms with Crippen molar-refractivity contribution in [2.45, 2.75) is 57.0 Å². The first-order valence-corrected chi connectivity index (χ1v) is 7.83. The monoisotopic (exact) mass is 253 g/mol. The molecule has 0 spiro atoms. The van der Waals surface area contributed by atoms with Gasteiger partial charge in [0.25, 0.3) is 0 Å². The van der Waals surface area contributed by atoms with Crippen molar-refractivity contribution in [3.63, 3.8) is 0 Å². The molecule has 0 aromatic rings. The van der Waals surface area contributed by atoms with Crippen molar-refractivity contribution in [2.75, 3.05) is 33.7 Å². The third-order valence-corrected chi connectivity index (χ3v) is 5.12. The number of nitrogens with two attached hydrogens (primary N) is 1. The van der Waals surface area contributed by atoms with Gasteiger partial charge in [0.1, 0.15) is 0 Å². The van der Waals surface area contributed by atoms with E-state index in [0.717, 1.165) is 24.5 Å². The van der Waals surface area contributed by atoms with Gasteiger partial charge in [-0.3, -0.25) is 4.90 Å². The molecule has 1 saturated carbocycles. The highest BCUT2D eigenvalue weighted by Crippen LogP contribution is 2.29. The van der Waals surface area contributed by atoms with Crippen molar-refractivity contribution < 1.29 is 0 Å². The van der Waals surface area contributed by atoms with E-state index in [4.69, 9.17) is 5.73 Å². The molecule has 0 bridgehead atoms. The van der Waals surface area contributed by atoms with E-state index in [-0.39, 0.29) is 0 Å². The Labute approximate surface area is 113 Å². The Morgan fingerprint density at radius 3 is 2.28 bits per heavy atom. The Balaban J connectivity index is 1.90. The van der Waals surface area contributed by atoms with E-state index in [9.17, 15) is 0 Å². The lowest BCUT2D eigenvalue weighted by molar-refractivity contribution is 0.0770. The Kier molecular flexibility index (Phi) is 5.46. The Bertz CT molecular complexity index is 234. The number of likely N-dealkylation sites (tertiary alicyclic amines) is 1. The van der Waals surface area contributed by atoms with Crippen molar-refractivity contribution in [2.24, 2.45) is 11.7 Å². The van der Waals surface area contributed by atoms with Crippen LogP contribution in [-0.4, -0.2) is 55.6 Å². The largest absolute Gasteiger partial charge is 0.330 e. The number of rotatable bonds is 3. The van der Waals surface area contributed by atoms with Gasteiger partial charge in [0.2, 0.25) is 0 Å².